The topological polar surface area (TPSA) is 110 Å². The van der Waals surface area contributed by atoms with Crippen molar-refractivity contribution in [2.75, 3.05) is 0 Å². The number of amides is 1. The maximum atomic E-state index is 13.4. The number of nitro benzene ring substituents is 1. The molecule has 1 aromatic rings. The second-order valence-electron chi connectivity index (χ2n) is 4.55. The first-order valence-electron chi connectivity index (χ1n) is 6.45. The van der Waals surface area contributed by atoms with Crippen LogP contribution in [0.1, 0.15) is 36.5 Å². The number of nitrogens with one attached hydrogen (secondary N) is 1. The molecule has 1 unspecified atom stereocenters. The fourth-order valence-corrected chi connectivity index (χ4v) is 2.33. The summed E-state index contributed by atoms with van der Waals surface area (Å²) in [6, 6.07) is 0.347. The van der Waals surface area contributed by atoms with E-state index in [0.29, 0.717) is 12.5 Å². The molecule has 0 aliphatic rings. The van der Waals surface area contributed by atoms with Crippen molar-refractivity contribution >= 4 is 33.5 Å². The molecule has 0 heterocycles. The van der Waals surface area contributed by atoms with Gasteiger partial charge < -0.3 is 10.4 Å². The highest BCUT2D eigenvalue weighted by Gasteiger charge is 2.25. The lowest BCUT2D eigenvalue weighted by molar-refractivity contribution is -0.385. The van der Waals surface area contributed by atoms with E-state index in [1.807, 2.05) is 6.92 Å². The molecule has 0 radical (unpaired) electrons. The second kappa shape index (κ2) is 7.83. The fraction of sp³-hybridized carbons (Fsp3) is 0.385. The molecule has 1 amide bonds. The van der Waals surface area contributed by atoms with Gasteiger partial charge in [0.25, 0.3) is 11.6 Å². The van der Waals surface area contributed by atoms with Crippen LogP contribution in [0.4, 0.5) is 10.1 Å². The molecule has 0 aliphatic carbocycles. The van der Waals surface area contributed by atoms with Gasteiger partial charge in [-0.2, -0.15) is 0 Å². The second-order valence-corrected chi connectivity index (χ2v) is 5.34. The van der Waals surface area contributed by atoms with Crippen LogP contribution in [0, 0.1) is 15.9 Å². The van der Waals surface area contributed by atoms with Gasteiger partial charge in [0.15, 0.2) is 0 Å². The molecule has 120 valence electrons. The van der Waals surface area contributed by atoms with Crippen molar-refractivity contribution in [3.63, 3.8) is 0 Å². The van der Waals surface area contributed by atoms with Gasteiger partial charge in [0, 0.05) is 0 Å². The zero-order chi connectivity index (χ0) is 16.9. The highest BCUT2D eigenvalue weighted by Crippen LogP contribution is 2.29. The van der Waals surface area contributed by atoms with Crippen LogP contribution in [-0.4, -0.2) is 27.9 Å². The molecule has 0 saturated carbocycles. The number of hydrogen-bond donors (Lipinski definition) is 2. The van der Waals surface area contributed by atoms with Gasteiger partial charge in [-0.15, -0.1) is 0 Å². The molecule has 1 aromatic carbocycles. The zero-order valence-electron chi connectivity index (χ0n) is 11.6. The Bertz CT molecular complexity index is 608. The Kier molecular flexibility index (Phi) is 6.41. The Labute approximate surface area is 133 Å². The van der Waals surface area contributed by atoms with Crippen molar-refractivity contribution in [3.05, 3.63) is 38.1 Å². The Morgan fingerprint density at radius 1 is 1.50 bits per heavy atom. The lowest BCUT2D eigenvalue weighted by Crippen LogP contribution is -2.40. The first-order valence-corrected chi connectivity index (χ1v) is 7.24. The number of aliphatic carboxylic acids is 1. The number of halogens is 2. The van der Waals surface area contributed by atoms with Gasteiger partial charge >= 0.3 is 5.97 Å². The lowest BCUT2D eigenvalue weighted by Gasteiger charge is -2.14. The maximum Gasteiger partial charge on any atom is 0.326 e. The molecule has 0 aromatic heterocycles. The summed E-state index contributed by atoms with van der Waals surface area (Å²) in [5.74, 6) is -3.07. The summed E-state index contributed by atoms with van der Waals surface area (Å²) < 4.78 is 13.2. The Balaban J connectivity index is 3.07. The van der Waals surface area contributed by atoms with Crippen LogP contribution in [0.2, 0.25) is 0 Å². The van der Waals surface area contributed by atoms with E-state index >= 15 is 0 Å². The van der Waals surface area contributed by atoms with Crippen LogP contribution in [0.25, 0.3) is 0 Å². The molecule has 0 spiro atoms. The Morgan fingerprint density at radius 2 is 2.14 bits per heavy atom. The molecule has 0 aliphatic heterocycles. The SMILES string of the molecule is CCCCC(NC(=O)c1cc(F)cc([N+](=O)[O-])c1Br)C(=O)O. The largest absolute Gasteiger partial charge is 0.480 e. The van der Waals surface area contributed by atoms with Crippen LogP contribution in [0.15, 0.2) is 16.6 Å². The molecule has 7 nitrogen and oxygen atoms in total. The number of nitrogens with zero attached hydrogens (tertiary/aromatic N) is 1. The molecule has 22 heavy (non-hydrogen) atoms. The molecule has 9 heteroatoms. The molecular weight excluding hydrogens is 363 g/mol. The van der Waals surface area contributed by atoms with E-state index < -0.39 is 34.3 Å². The van der Waals surface area contributed by atoms with Gasteiger partial charge in [-0.1, -0.05) is 19.8 Å². The quantitative estimate of drug-likeness (QED) is 0.561. The highest BCUT2D eigenvalue weighted by molar-refractivity contribution is 9.10. The number of rotatable bonds is 7. The minimum atomic E-state index is -1.22. The number of carboxylic acids is 1. The van der Waals surface area contributed by atoms with E-state index in [9.17, 15) is 24.1 Å². The summed E-state index contributed by atoms with van der Waals surface area (Å²) in [6.07, 6.45) is 1.54. The highest BCUT2D eigenvalue weighted by atomic mass is 79.9. The summed E-state index contributed by atoms with van der Waals surface area (Å²) in [4.78, 5) is 33.1. The van der Waals surface area contributed by atoms with Crippen LogP contribution >= 0.6 is 15.9 Å². The van der Waals surface area contributed by atoms with Crippen LogP contribution in [0.3, 0.4) is 0 Å². The van der Waals surface area contributed by atoms with Gasteiger partial charge in [0.2, 0.25) is 0 Å². The smallest absolute Gasteiger partial charge is 0.326 e. The minimum absolute atomic E-state index is 0.198. The fourth-order valence-electron chi connectivity index (χ4n) is 1.77. The average Bonchev–Trinajstić information content (AvgIpc) is 2.44. The lowest BCUT2D eigenvalue weighted by atomic mass is 10.1. The summed E-state index contributed by atoms with van der Waals surface area (Å²) >= 11 is 2.88. The predicted octanol–water partition coefficient (Wildman–Crippen LogP) is 2.87. The van der Waals surface area contributed by atoms with E-state index in [-0.39, 0.29) is 16.5 Å². The maximum absolute atomic E-state index is 13.4. The Hall–Kier alpha value is -2.03. The van der Waals surface area contributed by atoms with Crippen LogP contribution < -0.4 is 5.32 Å². The predicted molar refractivity (Wildman–Crippen MR) is 79.2 cm³/mol. The van der Waals surface area contributed by atoms with Crippen molar-refractivity contribution in [2.45, 2.75) is 32.2 Å². The normalized spacial score (nSPS) is 11.8. The molecule has 0 fully saturated rings. The zero-order valence-corrected chi connectivity index (χ0v) is 13.2. The van der Waals surface area contributed by atoms with E-state index in [4.69, 9.17) is 5.11 Å². The third kappa shape index (κ3) is 4.48. The molecule has 0 saturated heterocycles. The standard InChI is InChI=1S/C13H14BrFN2O5/c1-2-3-4-9(13(19)20)16-12(18)8-5-7(15)6-10(11(8)14)17(21)22/h5-6,9H,2-4H2,1H3,(H,16,18)(H,19,20). The van der Waals surface area contributed by atoms with Crippen molar-refractivity contribution in [1.82, 2.24) is 5.32 Å². The first-order chi connectivity index (χ1) is 10.3. The summed E-state index contributed by atoms with van der Waals surface area (Å²) in [5.41, 5.74) is -0.931. The third-order valence-electron chi connectivity index (χ3n) is 2.91. The van der Waals surface area contributed by atoms with Crippen molar-refractivity contribution in [1.29, 1.82) is 0 Å². The molecule has 0 bridgehead atoms. The van der Waals surface area contributed by atoms with Crippen LogP contribution in [0.5, 0.6) is 0 Å². The molecule has 1 rings (SSSR count). The van der Waals surface area contributed by atoms with E-state index in [1.165, 1.54) is 0 Å². The number of carbonyl (C=O) groups excluding carboxylic acids is 1. The number of benzene rings is 1. The monoisotopic (exact) mass is 376 g/mol. The number of nitro groups is 1. The van der Waals surface area contributed by atoms with Crippen LogP contribution in [-0.2, 0) is 4.79 Å². The van der Waals surface area contributed by atoms with Gasteiger partial charge in [-0.05, 0) is 28.4 Å². The number of unbranched alkanes of at least 4 members (excludes halogenated alkanes) is 1. The molecule has 1 atom stereocenters. The van der Waals surface area contributed by atoms with E-state index in [2.05, 4.69) is 21.2 Å². The average molecular weight is 377 g/mol. The number of carboxylic acid groups (broad SMARTS) is 1. The Morgan fingerprint density at radius 3 is 2.64 bits per heavy atom. The van der Waals surface area contributed by atoms with Gasteiger partial charge in [0.1, 0.15) is 16.3 Å². The summed E-state index contributed by atoms with van der Waals surface area (Å²) in [7, 11) is 0. The number of hydrogen-bond acceptors (Lipinski definition) is 4. The van der Waals surface area contributed by atoms with Crippen molar-refractivity contribution in [2.24, 2.45) is 0 Å². The molecule has 2 N–H and O–H groups in total. The summed E-state index contributed by atoms with van der Waals surface area (Å²) in [5, 5.41) is 22.1. The van der Waals surface area contributed by atoms with E-state index in [0.717, 1.165) is 12.5 Å². The third-order valence-corrected chi connectivity index (χ3v) is 3.74. The minimum Gasteiger partial charge on any atom is -0.480 e. The van der Waals surface area contributed by atoms with Gasteiger partial charge in [-0.3, -0.25) is 14.9 Å². The van der Waals surface area contributed by atoms with Crippen molar-refractivity contribution < 1.29 is 24.0 Å². The van der Waals surface area contributed by atoms with Crippen molar-refractivity contribution in [3.8, 4) is 0 Å². The summed E-state index contributed by atoms with van der Waals surface area (Å²) in [6.45, 7) is 1.87. The number of carbonyl (C=O) groups is 2. The molecular formula is C13H14BrFN2O5. The van der Waals surface area contributed by atoms with Gasteiger partial charge in [0.05, 0.1) is 16.6 Å². The van der Waals surface area contributed by atoms with Gasteiger partial charge in [-0.25, -0.2) is 9.18 Å². The first kappa shape index (κ1) is 18.0. The van der Waals surface area contributed by atoms with E-state index in [1.54, 1.807) is 0 Å².